The molecule has 5 radical (unpaired) electrons. The van der Waals surface area contributed by atoms with E-state index in [2.05, 4.69) is 156 Å². The number of aryl methyl sites for hydroxylation is 5. The number of benzene rings is 10. The minimum Gasteiger partial charge on any atom is -0.489 e. The van der Waals surface area contributed by atoms with Gasteiger partial charge in [-0.05, 0) is 209 Å². The molecule has 0 saturated heterocycles. The van der Waals surface area contributed by atoms with Crippen LogP contribution in [0.5, 0.6) is 28.7 Å². The summed E-state index contributed by atoms with van der Waals surface area (Å²) in [6, 6.07) is 81.0. The molecule has 0 aromatic heterocycles. The molecule has 0 bridgehead atoms. The smallest absolute Gasteiger partial charge is 0.119 e. The molecule has 95 heavy (non-hydrogen) atoms. The largest absolute Gasteiger partial charge is 0.489 e. The van der Waals surface area contributed by atoms with Gasteiger partial charge in [-0.2, -0.15) is 0 Å². The van der Waals surface area contributed by atoms with Gasteiger partial charge in [0, 0.05) is 24.5 Å². The second-order valence-corrected chi connectivity index (χ2v) is 24.0. The molecule has 0 atom stereocenters. The molecule has 505 valence electrons. The SMILES string of the molecule is CCCc1ccc(COc2ccc([S])cc2)cc1.CCCc1ccc(COc2ccc([S])cc2)cc1.CCCc1ccc(COc2ccc([S])cc2)cc1.CCCc1ccc(COc2ccc([S])cc2)cc1.CCCc1ccc(COc2ccc([S])cc2)cc1.F.F.F.F.F. The van der Waals surface area contributed by atoms with E-state index < -0.39 is 0 Å². The number of halogens is 5. The Hall–Kier alpha value is -8.05. The molecule has 10 aromatic rings. The van der Waals surface area contributed by atoms with E-state index in [1.165, 1.54) is 87.7 Å². The van der Waals surface area contributed by atoms with Crippen LogP contribution in [0.15, 0.2) is 267 Å². The minimum absolute atomic E-state index is 0. The maximum atomic E-state index is 5.70. The molecule has 10 aromatic carbocycles. The predicted molar refractivity (Wildman–Crippen MR) is 398 cm³/mol. The third-order valence-electron chi connectivity index (χ3n) is 14.0. The quantitative estimate of drug-likeness (QED) is 0.0534. The number of hydrogen-bond acceptors (Lipinski definition) is 5. The lowest BCUT2D eigenvalue weighted by atomic mass is 10.1. The maximum absolute atomic E-state index is 5.70. The third kappa shape index (κ3) is 34.8. The van der Waals surface area contributed by atoms with Crippen molar-refractivity contribution in [3.05, 3.63) is 298 Å². The van der Waals surface area contributed by atoms with Gasteiger partial charge in [-0.1, -0.05) is 251 Å². The number of hydrogen-bond donors (Lipinski definition) is 0. The van der Waals surface area contributed by atoms with Crippen molar-refractivity contribution in [2.45, 2.75) is 156 Å². The maximum Gasteiger partial charge on any atom is 0.119 e. The van der Waals surface area contributed by atoms with E-state index in [0.29, 0.717) is 33.0 Å². The zero-order valence-electron chi connectivity index (χ0n) is 54.8. The van der Waals surface area contributed by atoms with E-state index in [4.69, 9.17) is 86.8 Å². The van der Waals surface area contributed by atoms with Crippen LogP contribution in [0.2, 0.25) is 0 Å². The summed E-state index contributed by atoms with van der Waals surface area (Å²) < 4.78 is 28.5. The second-order valence-electron chi connectivity index (χ2n) is 21.6. The molecule has 0 aliphatic carbocycles. The van der Waals surface area contributed by atoms with Gasteiger partial charge in [0.2, 0.25) is 0 Å². The Morgan fingerprint density at radius 2 is 0.295 bits per heavy atom. The Labute approximate surface area is 589 Å². The van der Waals surface area contributed by atoms with E-state index in [9.17, 15) is 0 Å². The monoisotopic (exact) mass is 1390 g/mol. The van der Waals surface area contributed by atoms with Gasteiger partial charge in [0.1, 0.15) is 61.8 Å². The predicted octanol–water partition coefficient (Wildman–Crippen LogP) is 24.6. The van der Waals surface area contributed by atoms with E-state index in [1.54, 1.807) is 0 Å². The van der Waals surface area contributed by atoms with Crippen LogP contribution in [0.25, 0.3) is 0 Å². The normalized spacial score (nSPS) is 9.74. The highest BCUT2D eigenvalue weighted by atomic mass is 32.1. The van der Waals surface area contributed by atoms with Gasteiger partial charge in [0.15, 0.2) is 0 Å². The molecule has 0 heterocycles. The summed E-state index contributed by atoms with van der Waals surface area (Å²) in [6.07, 6.45) is 11.6. The molecule has 0 spiro atoms. The molecule has 15 heteroatoms. The fourth-order valence-corrected chi connectivity index (χ4v) is 9.65. The lowest BCUT2D eigenvalue weighted by Crippen LogP contribution is -1.95. The Kier molecular flexibility index (Phi) is 44.3. The van der Waals surface area contributed by atoms with Crippen molar-refractivity contribution in [2.75, 3.05) is 0 Å². The summed E-state index contributed by atoms with van der Waals surface area (Å²) in [6.45, 7) is 14.0. The first-order valence-corrected chi connectivity index (χ1v) is 33.3. The van der Waals surface area contributed by atoms with Gasteiger partial charge in [0.05, 0.1) is 0 Å². The average molecular weight is 1390 g/mol. The van der Waals surface area contributed by atoms with E-state index >= 15 is 0 Å². The molecular weight excluding hydrogens is 1300 g/mol. The Bertz CT molecular complexity index is 2950. The van der Waals surface area contributed by atoms with Crippen molar-refractivity contribution in [3.63, 3.8) is 0 Å². The van der Waals surface area contributed by atoms with Gasteiger partial charge >= 0.3 is 0 Å². The molecule has 0 aliphatic rings. The first-order chi connectivity index (χ1) is 43.9. The van der Waals surface area contributed by atoms with Crippen LogP contribution in [-0.2, 0) is 65.1 Å². The number of ether oxygens (including phenoxy) is 5. The zero-order chi connectivity index (χ0) is 64.0. The van der Waals surface area contributed by atoms with Crippen LogP contribution in [-0.4, -0.2) is 0 Å². The van der Waals surface area contributed by atoms with Crippen LogP contribution >= 0.6 is 63.1 Å². The summed E-state index contributed by atoms with van der Waals surface area (Å²) in [4.78, 5) is 4.20. The summed E-state index contributed by atoms with van der Waals surface area (Å²) in [5.41, 5.74) is 12.9. The molecular formula is C80H90F5O5S5. The van der Waals surface area contributed by atoms with Gasteiger partial charge in [-0.3, -0.25) is 23.5 Å². The van der Waals surface area contributed by atoms with E-state index in [1.807, 2.05) is 121 Å². The molecule has 10 rings (SSSR count). The molecule has 0 fully saturated rings. The van der Waals surface area contributed by atoms with Crippen molar-refractivity contribution >= 4 is 63.1 Å². The third-order valence-corrected chi connectivity index (χ3v) is 15.3. The Morgan fingerprint density at radius 1 is 0.179 bits per heavy atom. The standard InChI is InChI=1S/5C16H17OS.5FH/c5*1-2-3-13-4-6-14(7-5-13)12-17-15-8-10-16(18)11-9-15;;;;;/h5*4-11H,2-3,12H2,1H3;5*1H. The van der Waals surface area contributed by atoms with Crippen molar-refractivity contribution in [2.24, 2.45) is 0 Å². The lowest BCUT2D eigenvalue weighted by Gasteiger charge is -2.07. The van der Waals surface area contributed by atoms with Gasteiger partial charge in [-0.25, -0.2) is 0 Å². The number of rotatable bonds is 25. The fraction of sp³-hybridized carbons (Fsp3) is 0.250. The van der Waals surface area contributed by atoms with Crippen molar-refractivity contribution < 1.29 is 47.2 Å². The zero-order valence-corrected chi connectivity index (χ0v) is 58.9. The Balaban J connectivity index is 0.000000586. The van der Waals surface area contributed by atoms with Crippen molar-refractivity contribution in [3.8, 4) is 28.7 Å². The highest BCUT2D eigenvalue weighted by Gasteiger charge is 2.03. The minimum atomic E-state index is 0. The van der Waals surface area contributed by atoms with Crippen molar-refractivity contribution in [1.29, 1.82) is 0 Å². The summed E-state index contributed by atoms with van der Waals surface area (Å²) in [7, 11) is 0. The summed E-state index contributed by atoms with van der Waals surface area (Å²) in [5, 5.41) is 0. The van der Waals surface area contributed by atoms with Crippen LogP contribution < -0.4 is 23.7 Å². The first kappa shape index (κ1) is 85.0. The summed E-state index contributed by atoms with van der Waals surface area (Å²) in [5.74, 6) is 4.31. The van der Waals surface area contributed by atoms with Gasteiger partial charge < -0.3 is 23.7 Å². The van der Waals surface area contributed by atoms with Crippen molar-refractivity contribution in [1.82, 2.24) is 0 Å². The highest BCUT2D eigenvalue weighted by molar-refractivity contribution is 7.81. The molecule has 5 nitrogen and oxygen atoms in total. The molecule has 0 amide bonds. The highest BCUT2D eigenvalue weighted by Crippen LogP contribution is 2.22. The fourth-order valence-electron chi connectivity index (χ4n) is 8.97. The van der Waals surface area contributed by atoms with E-state index in [0.717, 1.165) is 85.3 Å². The first-order valence-electron chi connectivity index (χ1n) is 31.3. The van der Waals surface area contributed by atoms with Crippen LogP contribution in [0, 0.1) is 0 Å². The molecule has 0 N–H and O–H groups in total. The lowest BCUT2D eigenvalue weighted by molar-refractivity contribution is 0.306. The Morgan fingerprint density at radius 3 is 0.411 bits per heavy atom. The molecule has 0 aliphatic heterocycles. The van der Waals surface area contributed by atoms with Gasteiger partial charge in [-0.15, -0.1) is 0 Å². The average Bonchev–Trinajstić information content (AvgIpc) is 3.77. The van der Waals surface area contributed by atoms with Gasteiger partial charge in [0.25, 0.3) is 0 Å². The van der Waals surface area contributed by atoms with Crippen LogP contribution in [0.4, 0.5) is 23.5 Å². The topological polar surface area (TPSA) is 46.2 Å². The van der Waals surface area contributed by atoms with E-state index in [-0.39, 0.29) is 23.5 Å². The van der Waals surface area contributed by atoms with Crippen LogP contribution in [0.1, 0.15) is 122 Å². The van der Waals surface area contributed by atoms with Crippen LogP contribution in [0.3, 0.4) is 0 Å². The molecule has 0 unspecified atom stereocenters. The second kappa shape index (κ2) is 49.5. The molecule has 0 saturated carbocycles. The summed E-state index contributed by atoms with van der Waals surface area (Å²) >= 11 is 25.2.